The summed E-state index contributed by atoms with van der Waals surface area (Å²) in [5, 5.41) is 3.70. The van der Waals surface area contributed by atoms with Crippen LogP contribution in [0.25, 0.3) is 0 Å². The number of rotatable bonds is 8. The average molecular weight is 517 g/mol. The molecule has 35 heavy (non-hydrogen) atoms. The van der Waals surface area contributed by atoms with Crippen LogP contribution in [0.2, 0.25) is 10.0 Å². The third kappa shape index (κ3) is 6.24. The molecule has 1 aliphatic heterocycles. The van der Waals surface area contributed by atoms with Gasteiger partial charge >= 0.3 is 5.97 Å². The van der Waals surface area contributed by atoms with Gasteiger partial charge < -0.3 is 15.0 Å². The Morgan fingerprint density at radius 3 is 2.54 bits per heavy atom. The van der Waals surface area contributed by atoms with E-state index in [0.29, 0.717) is 26.9 Å². The highest BCUT2D eigenvalue weighted by molar-refractivity contribution is 6.42. The Morgan fingerprint density at radius 1 is 1.14 bits per heavy atom. The quantitative estimate of drug-likeness (QED) is 0.444. The van der Waals surface area contributed by atoms with E-state index in [0.717, 1.165) is 17.5 Å². The minimum Gasteiger partial charge on any atom is -0.463 e. The predicted molar refractivity (Wildman–Crippen MR) is 137 cm³/mol. The van der Waals surface area contributed by atoms with Crippen molar-refractivity contribution in [1.29, 1.82) is 0 Å². The lowest BCUT2D eigenvalue weighted by Gasteiger charge is -2.34. The summed E-state index contributed by atoms with van der Waals surface area (Å²) in [6, 6.07) is 12.3. The number of hydrogen-bond donors (Lipinski definition) is 1. The van der Waals surface area contributed by atoms with E-state index in [4.69, 9.17) is 27.9 Å². The molecule has 1 heterocycles. The van der Waals surface area contributed by atoms with Gasteiger partial charge in [-0.1, -0.05) is 48.3 Å². The average Bonchev–Trinajstić information content (AvgIpc) is 2.83. The van der Waals surface area contributed by atoms with Crippen LogP contribution in [0.1, 0.15) is 67.9 Å². The molecule has 0 spiro atoms. The molecule has 2 aromatic rings. The molecule has 0 radical (unpaired) electrons. The van der Waals surface area contributed by atoms with Crippen LogP contribution in [-0.4, -0.2) is 35.3 Å². The molecule has 0 fully saturated rings. The zero-order valence-corrected chi connectivity index (χ0v) is 21.9. The second-order valence-electron chi connectivity index (χ2n) is 8.61. The number of nitrogens with one attached hydrogen (secondary N) is 1. The van der Waals surface area contributed by atoms with Gasteiger partial charge in [0.15, 0.2) is 0 Å². The van der Waals surface area contributed by atoms with E-state index in [2.05, 4.69) is 5.32 Å². The molecular weight excluding hydrogens is 487 g/mol. The molecule has 0 bridgehead atoms. The van der Waals surface area contributed by atoms with E-state index in [9.17, 15) is 14.4 Å². The van der Waals surface area contributed by atoms with Gasteiger partial charge in [-0.25, -0.2) is 4.79 Å². The van der Waals surface area contributed by atoms with Gasteiger partial charge in [0.05, 0.1) is 28.8 Å². The van der Waals surface area contributed by atoms with Gasteiger partial charge in [-0.2, -0.15) is 0 Å². The SMILES string of the molecule is CCOC(=O)C1=C(C)N(Cc2cccc(C(=O)NC(C)CC)c2)C(=O)CC1c1ccc(Cl)c(Cl)c1. The van der Waals surface area contributed by atoms with E-state index in [1.807, 2.05) is 19.9 Å². The summed E-state index contributed by atoms with van der Waals surface area (Å²) in [5.74, 6) is -1.27. The van der Waals surface area contributed by atoms with Gasteiger partial charge in [-0.3, -0.25) is 9.59 Å². The van der Waals surface area contributed by atoms with Crippen molar-refractivity contribution in [2.45, 2.75) is 59.0 Å². The fraction of sp³-hybridized carbons (Fsp3) is 0.370. The maximum Gasteiger partial charge on any atom is 0.336 e. The van der Waals surface area contributed by atoms with E-state index in [1.54, 1.807) is 55.1 Å². The van der Waals surface area contributed by atoms with Crippen LogP contribution in [0.3, 0.4) is 0 Å². The Kier molecular flexibility index (Phi) is 8.98. The number of hydrogen-bond acceptors (Lipinski definition) is 4. The smallest absolute Gasteiger partial charge is 0.336 e. The van der Waals surface area contributed by atoms with Crippen molar-refractivity contribution in [3.05, 3.63) is 80.5 Å². The first-order chi connectivity index (χ1) is 16.7. The molecule has 2 amide bonds. The normalized spacial score (nSPS) is 16.8. The fourth-order valence-electron chi connectivity index (χ4n) is 4.09. The first kappa shape index (κ1) is 26.8. The predicted octanol–water partition coefficient (Wildman–Crippen LogP) is 5.87. The lowest BCUT2D eigenvalue weighted by atomic mass is 9.83. The highest BCUT2D eigenvalue weighted by Crippen LogP contribution is 2.39. The fourth-order valence-corrected chi connectivity index (χ4v) is 4.40. The minimum absolute atomic E-state index is 0.0606. The largest absolute Gasteiger partial charge is 0.463 e. The Morgan fingerprint density at radius 2 is 1.89 bits per heavy atom. The summed E-state index contributed by atoms with van der Waals surface area (Å²) in [7, 11) is 0. The van der Waals surface area contributed by atoms with Crippen LogP contribution in [0.15, 0.2) is 53.7 Å². The Bertz CT molecular complexity index is 1160. The summed E-state index contributed by atoms with van der Waals surface area (Å²) in [6.45, 7) is 7.88. The first-order valence-corrected chi connectivity index (χ1v) is 12.4. The Hall–Kier alpha value is -2.83. The van der Waals surface area contributed by atoms with E-state index >= 15 is 0 Å². The maximum absolute atomic E-state index is 13.3. The number of carbonyl (C=O) groups excluding carboxylic acids is 3. The third-order valence-electron chi connectivity index (χ3n) is 6.18. The van der Waals surface area contributed by atoms with Crippen LogP contribution < -0.4 is 5.32 Å². The number of carbonyl (C=O) groups is 3. The van der Waals surface area contributed by atoms with Crippen LogP contribution in [0, 0.1) is 0 Å². The summed E-state index contributed by atoms with van der Waals surface area (Å²) in [5.41, 5.74) is 2.96. The lowest BCUT2D eigenvalue weighted by Crippen LogP contribution is -2.38. The van der Waals surface area contributed by atoms with Gasteiger partial charge in [0, 0.05) is 29.6 Å². The molecule has 0 aromatic heterocycles. The van der Waals surface area contributed by atoms with Crippen molar-refractivity contribution in [1.82, 2.24) is 10.2 Å². The highest BCUT2D eigenvalue weighted by atomic mass is 35.5. The Labute approximate surface area is 216 Å². The molecule has 6 nitrogen and oxygen atoms in total. The standard InChI is InChI=1S/C27H30Cl2N2O4/c1-5-16(3)30-26(33)20-9-7-8-18(12-20)15-31-17(4)25(27(34)35-6-2)21(14-24(31)32)19-10-11-22(28)23(29)13-19/h7-13,16,21H,5-6,14-15H2,1-4H3,(H,30,33). The van der Waals surface area contributed by atoms with E-state index < -0.39 is 11.9 Å². The molecule has 1 aliphatic rings. The number of benzene rings is 2. The van der Waals surface area contributed by atoms with Gasteiger partial charge in [-0.15, -0.1) is 0 Å². The number of amides is 2. The summed E-state index contributed by atoms with van der Waals surface area (Å²) < 4.78 is 5.34. The molecule has 3 rings (SSSR count). The number of esters is 1. The lowest BCUT2D eigenvalue weighted by molar-refractivity contribution is -0.140. The molecule has 2 atom stereocenters. The molecule has 0 saturated heterocycles. The van der Waals surface area contributed by atoms with E-state index in [-0.39, 0.29) is 37.4 Å². The monoisotopic (exact) mass is 516 g/mol. The molecule has 1 N–H and O–H groups in total. The molecule has 0 saturated carbocycles. The van der Waals surface area contributed by atoms with Crippen molar-refractivity contribution < 1.29 is 19.1 Å². The molecule has 0 aliphatic carbocycles. The summed E-state index contributed by atoms with van der Waals surface area (Å²) >= 11 is 12.3. The van der Waals surface area contributed by atoms with Crippen LogP contribution in [-0.2, 0) is 20.9 Å². The molecular formula is C27H30Cl2N2O4. The maximum atomic E-state index is 13.3. The van der Waals surface area contributed by atoms with Gasteiger partial charge in [0.25, 0.3) is 5.91 Å². The summed E-state index contributed by atoms with van der Waals surface area (Å²) in [6.07, 6.45) is 0.909. The zero-order valence-electron chi connectivity index (χ0n) is 20.4. The van der Waals surface area contributed by atoms with Gasteiger partial charge in [-0.05, 0) is 62.6 Å². The van der Waals surface area contributed by atoms with Crippen LogP contribution in [0.5, 0.6) is 0 Å². The molecule has 186 valence electrons. The zero-order chi connectivity index (χ0) is 25.7. The van der Waals surface area contributed by atoms with Gasteiger partial charge in [0.1, 0.15) is 0 Å². The number of ether oxygens (including phenoxy) is 1. The van der Waals surface area contributed by atoms with Crippen molar-refractivity contribution in [3.63, 3.8) is 0 Å². The first-order valence-electron chi connectivity index (χ1n) is 11.7. The van der Waals surface area contributed by atoms with Crippen molar-refractivity contribution in [3.8, 4) is 0 Å². The topological polar surface area (TPSA) is 75.7 Å². The minimum atomic E-state index is -0.500. The number of allylic oxidation sites excluding steroid dienone is 1. The van der Waals surface area contributed by atoms with Crippen molar-refractivity contribution in [2.24, 2.45) is 0 Å². The second-order valence-corrected chi connectivity index (χ2v) is 9.43. The van der Waals surface area contributed by atoms with Crippen LogP contribution in [0.4, 0.5) is 0 Å². The van der Waals surface area contributed by atoms with Crippen LogP contribution >= 0.6 is 23.2 Å². The third-order valence-corrected chi connectivity index (χ3v) is 6.92. The molecule has 8 heteroatoms. The number of halogens is 2. The second kappa shape index (κ2) is 11.7. The summed E-state index contributed by atoms with van der Waals surface area (Å²) in [4.78, 5) is 40.4. The highest BCUT2D eigenvalue weighted by Gasteiger charge is 2.37. The van der Waals surface area contributed by atoms with Gasteiger partial charge in [0.2, 0.25) is 5.91 Å². The number of nitrogens with zero attached hydrogens (tertiary/aromatic N) is 1. The van der Waals surface area contributed by atoms with E-state index in [1.165, 1.54) is 0 Å². The molecule has 2 unspecified atom stereocenters. The Balaban J connectivity index is 1.96. The molecule has 2 aromatic carbocycles. The van der Waals surface area contributed by atoms with Crippen molar-refractivity contribution >= 4 is 41.0 Å². The van der Waals surface area contributed by atoms with Crippen molar-refractivity contribution in [2.75, 3.05) is 6.61 Å².